The van der Waals surface area contributed by atoms with E-state index in [9.17, 15) is 9.59 Å². The number of rotatable bonds is 3. The number of hydrogen-bond acceptors (Lipinski definition) is 3. The zero-order chi connectivity index (χ0) is 16.2. The molecule has 0 bridgehead atoms. The standard InChI is InChI=1S/C18H16N2O3/c1-23-14-9-6-13(7-10-14)8-11-18(22)20-12-17(21)19-15-4-2-3-5-16(15)20/h2-11H,12H2,1H3,(H,19,21)/b11-8+. The van der Waals surface area contributed by atoms with Crippen LogP contribution in [-0.4, -0.2) is 25.5 Å². The van der Waals surface area contributed by atoms with Crippen molar-refractivity contribution in [2.45, 2.75) is 0 Å². The molecule has 1 N–H and O–H groups in total. The van der Waals surface area contributed by atoms with Gasteiger partial charge in [-0.1, -0.05) is 24.3 Å². The topological polar surface area (TPSA) is 58.6 Å². The number of anilines is 2. The van der Waals surface area contributed by atoms with E-state index in [0.717, 1.165) is 11.3 Å². The number of nitrogens with zero attached hydrogens (tertiary/aromatic N) is 1. The summed E-state index contributed by atoms with van der Waals surface area (Å²) in [6, 6.07) is 14.6. The summed E-state index contributed by atoms with van der Waals surface area (Å²) in [5.74, 6) is 0.327. The zero-order valence-corrected chi connectivity index (χ0v) is 12.7. The lowest BCUT2D eigenvalue weighted by Crippen LogP contribution is -2.41. The number of carbonyl (C=O) groups excluding carboxylic acids is 2. The van der Waals surface area contributed by atoms with Gasteiger partial charge >= 0.3 is 0 Å². The Bertz CT molecular complexity index is 766. The number of amides is 2. The molecule has 2 aromatic rings. The van der Waals surface area contributed by atoms with E-state index in [1.54, 1.807) is 19.3 Å². The minimum Gasteiger partial charge on any atom is -0.497 e. The van der Waals surface area contributed by atoms with Crippen LogP contribution in [0.5, 0.6) is 5.75 Å². The highest BCUT2D eigenvalue weighted by molar-refractivity contribution is 6.13. The number of para-hydroxylation sites is 2. The largest absolute Gasteiger partial charge is 0.497 e. The van der Waals surface area contributed by atoms with Gasteiger partial charge in [-0.2, -0.15) is 0 Å². The fraction of sp³-hybridized carbons (Fsp3) is 0.111. The molecule has 116 valence electrons. The van der Waals surface area contributed by atoms with Crippen molar-refractivity contribution in [2.75, 3.05) is 23.9 Å². The SMILES string of the molecule is COc1ccc(/C=C/C(=O)N2CC(=O)Nc3ccccc32)cc1. The van der Waals surface area contributed by atoms with Crippen molar-refractivity contribution >= 4 is 29.3 Å². The molecule has 2 aromatic carbocycles. The summed E-state index contributed by atoms with van der Waals surface area (Å²) in [6.45, 7) is 0.0167. The average Bonchev–Trinajstić information content (AvgIpc) is 2.59. The van der Waals surface area contributed by atoms with E-state index in [0.29, 0.717) is 11.4 Å². The molecule has 1 heterocycles. The third kappa shape index (κ3) is 3.23. The van der Waals surface area contributed by atoms with E-state index in [1.165, 1.54) is 11.0 Å². The van der Waals surface area contributed by atoms with E-state index in [2.05, 4.69) is 5.32 Å². The molecule has 0 saturated heterocycles. The van der Waals surface area contributed by atoms with Crippen molar-refractivity contribution in [3.8, 4) is 5.75 Å². The van der Waals surface area contributed by atoms with Gasteiger partial charge in [-0.15, -0.1) is 0 Å². The molecule has 0 fully saturated rings. The van der Waals surface area contributed by atoms with Gasteiger partial charge in [-0.25, -0.2) is 0 Å². The molecule has 3 rings (SSSR count). The molecule has 0 unspecified atom stereocenters. The average molecular weight is 308 g/mol. The van der Waals surface area contributed by atoms with Crippen LogP contribution in [0.25, 0.3) is 6.08 Å². The molecule has 1 aliphatic heterocycles. The monoisotopic (exact) mass is 308 g/mol. The number of nitrogens with one attached hydrogen (secondary N) is 1. The predicted molar refractivity (Wildman–Crippen MR) is 89.5 cm³/mol. The normalized spacial score (nSPS) is 13.6. The highest BCUT2D eigenvalue weighted by Gasteiger charge is 2.24. The maximum absolute atomic E-state index is 12.4. The lowest BCUT2D eigenvalue weighted by Gasteiger charge is -2.28. The first-order chi connectivity index (χ1) is 11.2. The van der Waals surface area contributed by atoms with Gasteiger partial charge < -0.3 is 10.1 Å². The molecule has 23 heavy (non-hydrogen) atoms. The third-order valence-electron chi connectivity index (χ3n) is 3.57. The van der Waals surface area contributed by atoms with E-state index in [-0.39, 0.29) is 18.4 Å². The lowest BCUT2D eigenvalue weighted by atomic mass is 10.1. The molecule has 5 nitrogen and oxygen atoms in total. The summed E-state index contributed by atoms with van der Waals surface area (Å²) >= 11 is 0. The Morgan fingerprint density at radius 3 is 2.65 bits per heavy atom. The summed E-state index contributed by atoms with van der Waals surface area (Å²) < 4.78 is 5.10. The molecule has 0 aliphatic carbocycles. The molecular weight excluding hydrogens is 292 g/mol. The number of fused-ring (bicyclic) bond motifs is 1. The Labute approximate surface area is 134 Å². The quantitative estimate of drug-likeness (QED) is 0.887. The lowest BCUT2D eigenvalue weighted by molar-refractivity contribution is -0.119. The maximum Gasteiger partial charge on any atom is 0.251 e. The zero-order valence-electron chi connectivity index (χ0n) is 12.7. The second kappa shape index (κ2) is 6.36. The molecule has 2 amide bonds. The van der Waals surface area contributed by atoms with Crippen LogP contribution in [0.15, 0.2) is 54.6 Å². The Morgan fingerprint density at radius 1 is 1.17 bits per heavy atom. The summed E-state index contributed by atoms with van der Waals surface area (Å²) in [5, 5.41) is 2.76. The molecular formula is C18H16N2O3. The Hall–Kier alpha value is -3.08. The first-order valence-electron chi connectivity index (χ1n) is 7.20. The summed E-state index contributed by atoms with van der Waals surface area (Å²) in [6.07, 6.45) is 3.19. The number of ether oxygens (including phenoxy) is 1. The van der Waals surface area contributed by atoms with Gasteiger partial charge in [0.1, 0.15) is 12.3 Å². The van der Waals surface area contributed by atoms with E-state index in [1.807, 2.05) is 42.5 Å². The number of carbonyl (C=O) groups is 2. The van der Waals surface area contributed by atoms with Gasteiger partial charge in [0.05, 0.1) is 18.5 Å². The van der Waals surface area contributed by atoms with Crippen molar-refractivity contribution in [3.63, 3.8) is 0 Å². The van der Waals surface area contributed by atoms with E-state index in [4.69, 9.17) is 4.74 Å². The van der Waals surface area contributed by atoms with Crippen LogP contribution in [0.2, 0.25) is 0 Å². The summed E-state index contributed by atoms with van der Waals surface area (Å²) in [5.41, 5.74) is 2.24. The number of hydrogen-bond donors (Lipinski definition) is 1. The first-order valence-corrected chi connectivity index (χ1v) is 7.20. The molecule has 0 spiro atoms. The second-order valence-electron chi connectivity index (χ2n) is 5.10. The molecule has 0 atom stereocenters. The highest BCUT2D eigenvalue weighted by atomic mass is 16.5. The van der Waals surface area contributed by atoms with Crippen molar-refractivity contribution < 1.29 is 14.3 Å². The summed E-state index contributed by atoms with van der Waals surface area (Å²) in [4.78, 5) is 25.6. The van der Waals surface area contributed by atoms with Crippen LogP contribution in [0, 0.1) is 0 Å². The minimum absolute atomic E-state index is 0.0167. The van der Waals surface area contributed by atoms with E-state index >= 15 is 0 Å². The van der Waals surface area contributed by atoms with Crippen molar-refractivity contribution in [2.24, 2.45) is 0 Å². The van der Waals surface area contributed by atoms with Crippen LogP contribution < -0.4 is 15.0 Å². The van der Waals surface area contributed by atoms with Crippen molar-refractivity contribution in [1.82, 2.24) is 0 Å². The van der Waals surface area contributed by atoms with E-state index < -0.39 is 0 Å². The number of benzene rings is 2. The summed E-state index contributed by atoms with van der Waals surface area (Å²) in [7, 11) is 1.60. The Balaban J connectivity index is 1.80. The fourth-order valence-electron chi connectivity index (χ4n) is 2.40. The fourth-order valence-corrected chi connectivity index (χ4v) is 2.40. The maximum atomic E-state index is 12.4. The molecule has 0 aromatic heterocycles. The first kappa shape index (κ1) is 14.8. The smallest absolute Gasteiger partial charge is 0.251 e. The van der Waals surface area contributed by atoms with Crippen LogP contribution in [0.4, 0.5) is 11.4 Å². The van der Waals surface area contributed by atoms with Crippen molar-refractivity contribution in [1.29, 1.82) is 0 Å². The predicted octanol–water partition coefficient (Wildman–Crippen LogP) is 2.69. The molecule has 5 heteroatoms. The molecule has 1 aliphatic rings. The van der Waals surface area contributed by atoms with Gasteiger partial charge in [-0.3, -0.25) is 14.5 Å². The van der Waals surface area contributed by atoms with Gasteiger partial charge in [0.15, 0.2) is 0 Å². The van der Waals surface area contributed by atoms with Gasteiger partial charge in [-0.05, 0) is 35.9 Å². The van der Waals surface area contributed by atoms with Crippen molar-refractivity contribution in [3.05, 3.63) is 60.2 Å². The van der Waals surface area contributed by atoms with Gasteiger partial charge in [0.2, 0.25) is 5.91 Å². The van der Waals surface area contributed by atoms with Gasteiger partial charge in [0.25, 0.3) is 5.91 Å². The Morgan fingerprint density at radius 2 is 1.91 bits per heavy atom. The third-order valence-corrected chi connectivity index (χ3v) is 3.57. The van der Waals surface area contributed by atoms with Crippen LogP contribution in [-0.2, 0) is 9.59 Å². The van der Waals surface area contributed by atoms with Crippen LogP contribution in [0.1, 0.15) is 5.56 Å². The molecule has 0 saturated carbocycles. The second-order valence-corrected chi connectivity index (χ2v) is 5.10. The number of methoxy groups -OCH3 is 1. The molecule has 0 radical (unpaired) electrons. The van der Waals surface area contributed by atoms with Gasteiger partial charge in [0, 0.05) is 6.08 Å². The minimum atomic E-state index is -0.233. The Kier molecular flexibility index (Phi) is 4.10. The highest BCUT2D eigenvalue weighted by Crippen LogP contribution is 2.29. The van der Waals surface area contributed by atoms with Crippen LogP contribution >= 0.6 is 0 Å². The van der Waals surface area contributed by atoms with Crippen LogP contribution in [0.3, 0.4) is 0 Å².